The number of pyridine rings is 1. The average molecular weight is 310 g/mol. The highest BCUT2D eigenvalue weighted by molar-refractivity contribution is 6.35. The van der Waals surface area contributed by atoms with Gasteiger partial charge >= 0.3 is 6.03 Å². The van der Waals surface area contributed by atoms with Gasteiger partial charge in [-0.15, -0.1) is 0 Å². The van der Waals surface area contributed by atoms with Gasteiger partial charge in [-0.1, -0.05) is 29.3 Å². The number of hydrogen-bond donors (Lipinski definition) is 2. The summed E-state index contributed by atoms with van der Waals surface area (Å²) in [5, 5.41) is 6.36. The lowest BCUT2D eigenvalue weighted by Gasteiger charge is -2.14. The number of amides is 2. The Bertz CT molecular complexity index is 605. The van der Waals surface area contributed by atoms with Crippen LogP contribution in [-0.4, -0.2) is 11.0 Å². The topological polar surface area (TPSA) is 54.0 Å². The highest BCUT2D eigenvalue weighted by Crippen LogP contribution is 2.25. The van der Waals surface area contributed by atoms with Crippen LogP contribution in [-0.2, 0) is 0 Å². The molecular formula is C14H13Cl2N3O. The Morgan fingerprint density at radius 2 is 2.05 bits per heavy atom. The Kier molecular flexibility index (Phi) is 4.82. The number of benzene rings is 1. The van der Waals surface area contributed by atoms with Gasteiger partial charge in [0.2, 0.25) is 0 Å². The van der Waals surface area contributed by atoms with E-state index in [0.29, 0.717) is 15.7 Å². The SMILES string of the molecule is C[C@H](NC(=O)Nc1cc(Cl)ccc1Cl)c1ccccn1. The maximum absolute atomic E-state index is 11.9. The van der Waals surface area contributed by atoms with E-state index in [2.05, 4.69) is 15.6 Å². The lowest BCUT2D eigenvalue weighted by molar-refractivity contribution is 0.249. The number of hydrogen-bond acceptors (Lipinski definition) is 2. The molecule has 0 unspecified atom stereocenters. The lowest BCUT2D eigenvalue weighted by Crippen LogP contribution is -2.31. The minimum absolute atomic E-state index is 0.214. The molecule has 20 heavy (non-hydrogen) atoms. The molecule has 0 radical (unpaired) electrons. The molecule has 0 aliphatic carbocycles. The summed E-state index contributed by atoms with van der Waals surface area (Å²) >= 11 is 11.8. The number of halogens is 2. The molecule has 2 rings (SSSR count). The van der Waals surface area contributed by atoms with Gasteiger partial charge in [0.1, 0.15) is 0 Å². The van der Waals surface area contributed by atoms with Gasteiger partial charge < -0.3 is 10.6 Å². The molecule has 2 aromatic rings. The van der Waals surface area contributed by atoms with Crippen molar-refractivity contribution in [2.45, 2.75) is 13.0 Å². The van der Waals surface area contributed by atoms with Gasteiger partial charge in [0, 0.05) is 11.2 Å². The first-order valence-corrected chi connectivity index (χ1v) is 6.75. The fourth-order valence-electron chi connectivity index (χ4n) is 1.65. The second-order valence-electron chi connectivity index (χ2n) is 4.20. The fraction of sp³-hybridized carbons (Fsp3) is 0.143. The van der Waals surface area contributed by atoms with Crippen molar-refractivity contribution in [2.75, 3.05) is 5.32 Å². The molecule has 104 valence electrons. The molecule has 0 saturated heterocycles. The maximum Gasteiger partial charge on any atom is 0.319 e. The van der Waals surface area contributed by atoms with E-state index < -0.39 is 0 Å². The van der Waals surface area contributed by atoms with Crippen molar-refractivity contribution in [3.63, 3.8) is 0 Å². The van der Waals surface area contributed by atoms with Crippen molar-refractivity contribution >= 4 is 34.9 Å². The van der Waals surface area contributed by atoms with Gasteiger partial charge in [0.15, 0.2) is 0 Å². The number of carbonyl (C=O) groups is 1. The summed E-state index contributed by atoms with van der Waals surface area (Å²) in [6.45, 7) is 1.85. The van der Waals surface area contributed by atoms with E-state index in [9.17, 15) is 4.79 Å². The predicted octanol–water partition coefficient (Wildman–Crippen LogP) is 4.27. The number of rotatable bonds is 3. The molecule has 6 heteroatoms. The van der Waals surface area contributed by atoms with Gasteiger partial charge in [0.05, 0.1) is 22.4 Å². The van der Waals surface area contributed by atoms with Crippen LogP contribution in [0.25, 0.3) is 0 Å². The number of nitrogens with one attached hydrogen (secondary N) is 2. The number of anilines is 1. The molecule has 0 aliphatic rings. The molecule has 1 heterocycles. The smallest absolute Gasteiger partial charge is 0.319 e. The molecule has 2 amide bonds. The fourth-order valence-corrected chi connectivity index (χ4v) is 1.99. The van der Waals surface area contributed by atoms with Crippen molar-refractivity contribution < 1.29 is 4.79 Å². The van der Waals surface area contributed by atoms with E-state index in [-0.39, 0.29) is 12.1 Å². The van der Waals surface area contributed by atoms with Crippen LogP contribution in [0.3, 0.4) is 0 Å². The van der Waals surface area contributed by atoms with Gasteiger partial charge in [-0.05, 0) is 37.3 Å². The zero-order chi connectivity index (χ0) is 14.5. The van der Waals surface area contributed by atoms with Crippen LogP contribution in [0.15, 0.2) is 42.6 Å². The second-order valence-corrected chi connectivity index (χ2v) is 5.04. The monoisotopic (exact) mass is 309 g/mol. The summed E-state index contributed by atoms with van der Waals surface area (Å²) in [5.74, 6) is 0. The van der Waals surface area contributed by atoms with Crippen LogP contribution >= 0.6 is 23.2 Å². The minimum Gasteiger partial charge on any atom is -0.330 e. The standard InChI is InChI=1S/C14H13Cl2N3O/c1-9(12-4-2-3-7-17-12)18-14(20)19-13-8-10(15)5-6-11(13)16/h2-9H,1H3,(H2,18,19,20)/t9-/m0/s1. The zero-order valence-electron chi connectivity index (χ0n) is 10.7. The van der Waals surface area contributed by atoms with Crippen LogP contribution in [0, 0.1) is 0 Å². The first-order valence-electron chi connectivity index (χ1n) is 6.00. The van der Waals surface area contributed by atoms with E-state index in [1.807, 2.05) is 25.1 Å². The average Bonchev–Trinajstić information content (AvgIpc) is 2.43. The number of aromatic nitrogens is 1. The Hall–Kier alpha value is -1.78. The summed E-state index contributed by atoms with van der Waals surface area (Å²) in [6.07, 6.45) is 1.68. The third kappa shape index (κ3) is 3.85. The molecule has 0 bridgehead atoms. The van der Waals surface area contributed by atoms with Crippen LogP contribution in [0.1, 0.15) is 18.7 Å². The molecule has 4 nitrogen and oxygen atoms in total. The summed E-state index contributed by atoms with van der Waals surface area (Å²) in [7, 11) is 0. The van der Waals surface area contributed by atoms with Crippen LogP contribution in [0.4, 0.5) is 10.5 Å². The van der Waals surface area contributed by atoms with Gasteiger partial charge in [-0.3, -0.25) is 4.98 Å². The van der Waals surface area contributed by atoms with Gasteiger partial charge in [0.25, 0.3) is 0 Å². The van der Waals surface area contributed by atoms with E-state index in [1.54, 1.807) is 24.4 Å². The summed E-state index contributed by atoms with van der Waals surface area (Å²) in [4.78, 5) is 16.1. The third-order valence-electron chi connectivity index (χ3n) is 2.66. The Balaban J connectivity index is 2.01. The molecule has 0 saturated carbocycles. The van der Waals surface area contributed by atoms with Gasteiger partial charge in [-0.2, -0.15) is 0 Å². The molecule has 1 atom stereocenters. The zero-order valence-corrected chi connectivity index (χ0v) is 12.2. The second kappa shape index (κ2) is 6.59. The molecule has 0 spiro atoms. The van der Waals surface area contributed by atoms with Crippen LogP contribution in [0.2, 0.25) is 10.0 Å². The van der Waals surface area contributed by atoms with E-state index in [4.69, 9.17) is 23.2 Å². The molecule has 1 aromatic carbocycles. The van der Waals surface area contributed by atoms with Crippen molar-refractivity contribution in [1.82, 2.24) is 10.3 Å². The minimum atomic E-state index is -0.368. The van der Waals surface area contributed by atoms with Crippen molar-refractivity contribution in [3.05, 3.63) is 58.3 Å². The third-order valence-corrected chi connectivity index (χ3v) is 3.22. The lowest BCUT2D eigenvalue weighted by atomic mass is 10.2. The molecule has 0 fully saturated rings. The summed E-state index contributed by atoms with van der Waals surface area (Å²) < 4.78 is 0. The number of carbonyl (C=O) groups excluding carboxylic acids is 1. The van der Waals surface area contributed by atoms with E-state index in [1.165, 1.54) is 0 Å². The highest BCUT2D eigenvalue weighted by Gasteiger charge is 2.11. The van der Waals surface area contributed by atoms with E-state index in [0.717, 1.165) is 5.69 Å². The van der Waals surface area contributed by atoms with Gasteiger partial charge in [-0.25, -0.2) is 4.79 Å². The summed E-state index contributed by atoms with van der Waals surface area (Å²) in [5.41, 5.74) is 1.24. The molecule has 2 N–H and O–H groups in total. The Labute approximate surface area is 127 Å². The molecular weight excluding hydrogens is 297 g/mol. The van der Waals surface area contributed by atoms with Crippen molar-refractivity contribution in [3.8, 4) is 0 Å². The first-order chi connectivity index (χ1) is 9.56. The Morgan fingerprint density at radius 3 is 2.75 bits per heavy atom. The normalized spacial score (nSPS) is 11.8. The highest BCUT2D eigenvalue weighted by atomic mass is 35.5. The Morgan fingerprint density at radius 1 is 1.25 bits per heavy atom. The van der Waals surface area contributed by atoms with Crippen molar-refractivity contribution in [2.24, 2.45) is 0 Å². The van der Waals surface area contributed by atoms with Crippen molar-refractivity contribution in [1.29, 1.82) is 0 Å². The van der Waals surface area contributed by atoms with Crippen LogP contribution in [0.5, 0.6) is 0 Å². The molecule has 1 aromatic heterocycles. The first kappa shape index (κ1) is 14.6. The number of nitrogens with zero attached hydrogens (tertiary/aromatic N) is 1. The van der Waals surface area contributed by atoms with Crippen LogP contribution < -0.4 is 10.6 Å². The predicted molar refractivity (Wildman–Crippen MR) is 81.3 cm³/mol. The largest absolute Gasteiger partial charge is 0.330 e. The maximum atomic E-state index is 11.9. The number of urea groups is 1. The van der Waals surface area contributed by atoms with E-state index >= 15 is 0 Å². The molecule has 0 aliphatic heterocycles. The quantitative estimate of drug-likeness (QED) is 0.889. The summed E-state index contributed by atoms with van der Waals surface area (Å²) in [6, 6.07) is 9.83.